The largest absolute Gasteiger partial charge is 0.376 e. The predicted molar refractivity (Wildman–Crippen MR) is 72.1 cm³/mol. The monoisotopic (exact) mass is 248 g/mol. The van der Waals surface area contributed by atoms with E-state index in [0.29, 0.717) is 26.2 Å². The maximum absolute atomic E-state index is 11.7. The van der Waals surface area contributed by atoms with Gasteiger partial charge in [-0.3, -0.25) is 4.79 Å². The highest BCUT2D eigenvalue weighted by Gasteiger charge is 2.12. The SMILES string of the molecule is C=CCOCCNC(=O)[C@@H](N)Cc1ccccc1. The number of hydrogen-bond acceptors (Lipinski definition) is 3. The summed E-state index contributed by atoms with van der Waals surface area (Å²) in [6.45, 7) is 4.96. The molecule has 1 atom stereocenters. The molecule has 1 aromatic rings. The van der Waals surface area contributed by atoms with Crippen molar-refractivity contribution in [3.8, 4) is 0 Å². The Kier molecular flexibility index (Phi) is 6.76. The summed E-state index contributed by atoms with van der Waals surface area (Å²) in [7, 11) is 0. The van der Waals surface area contributed by atoms with Crippen molar-refractivity contribution in [1.82, 2.24) is 5.32 Å². The van der Waals surface area contributed by atoms with Crippen LogP contribution in [0.5, 0.6) is 0 Å². The normalized spacial score (nSPS) is 11.8. The summed E-state index contributed by atoms with van der Waals surface area (Å²) in [4.78, 5) is 11.7. The number of carbonyl (C=O) groups excluding carboxylic acids is 1. The number of nitrogens with two attached hydrogens (primary N) is 1. The highest BCUT2D eigenvalue weighted by molar-refractivity contribution is 5.81. The van der Waals surface area contributed by atoms with Crippen molar-refractivity contribution in [3.05, 3.63) is 48.6 Å². The molecule has 98 valence electrons. The Bertz CT molecular complexity index is 365. The minimum absolute atomic E-state index is 0.152. The lowest BCUT2D eigenvalue weighted by atomic mass is 10.1. The molecule has 4 nitrogen and oxygen atoms in total. The summed E-state index contributed by atoms with van der Waals surface area (Å²) in [5, 5.41) is 2.74. The predicted octanol–water partition coefficient (Wildman–Crippen LogP) is 0.875. The molecule has 0 unspecified atom stereocenters. The van der Waals surface area contributed by atoms with Crippen molar-refractivity contribution in [1.29, 1.82) is 0 Å². The summed E-state index contributed by atoms with van der Waals surface area (Å²) in [5.74, 6) is -0.152. The first-order chi connectivity index (χ1) is 8.74. The van der Waals surface area contributed by atoms with Crippen LogP contribution in [0.4, 0.5) is 0 Å². The van der Waals surface area contributed by atoms with E-state index in [2.05, 4.69) is 11.9 Å². The molecule has 0 fully saturated rings. The van der Waals surface area contributed by atoms with Crippen LogP contribution in [-0.2, 0) is 16.0 Å². The van der Waals surface area contributed by atoms with Crippen LogP contribution in [0, 0.1) is 0 Å². The fraction of sp³-hybridized carbons (Fsp3) is 0.357. The molecule has 1 amide bonds. The fourth-order valence-corrected chi connectivity index (χ4v) is 1.50. The van der Waals surface area contributed by atoms with Crippen molar-refractivity contribution in [3.63, 3.8) is 0 Å². The Labute approximate surface area is 108 Å². The lowest BCUT2D eigenvalue weighted by molar-refractivity contribution is -0.122. The first kappa shape index (κ1) is 14.4. The Hall–Kier alpha value is -1.65. The standard InChI is InChI=1S/C14H20N2O2/c1-2-9-18-10-8-16-14(17)13(15)11-12-6-4-3-5-7-12/h2-7,13H,1,8-11,15H2,(H,16,17)/t13-/m0/s1. The van der Waals surface area contributed by atoms with Crippen LogP contribution < -0.4 is 11.1 Å². The van der Waals surface area contributed by atoms with Crippen LogP contribution in [0.1, 0.15) is 5.56 Å². The zero-order valence-corrected chi connectivity index (χ0v) is 10.5. The topological polar surface area (TPSA) is 64.3 Å². The van der Waals surface area contributed by atoms with Gasteiger partial charge < -0.3 is 15.8 Å². The second kappa shape index (κ2) is 8.44. The van der Waals surface area contributed by atoms with Crippen LogP contribution in [0.2, 0.25) is 0 Å². The first-order valence-electron chi connectivity index (χ1n) is 6.00. The minimum Gasteiger partial charge on any atom is -0.376 e. The van der Waals surface area contributed by atoms with Gasteiger partial charge in [-0.25, -0.2) is 0 Å². The second-order valence-electron chi connectivity index (χ2n) is 3.95. The van der Waals surface area contributed by atoms with Crippen molar-refractivity contribution >= 4 is 5.91 Å². The summed E-state index contributed by atoms with van der Waals surface area (Å²) in [6, 6.07) is 9.20. The minimum atomic E-state index is -0.521. The number of ether oxygens (including phenoxy) is 1. The van der Waals surface area contributed by atoms with E-state index in [9.17, 15) is 4.79 Å². The molecule has 0 aliphatic heterocycles. The van der Waals surface area contributed by atoms with Gasteiger partial charge >= 0.3 is 0 Å². The molecule has 3 N–H and O–H groups in total. The number of hydrogen-bond donors (Lipinski definition) is 2. The summed E-state index contributed by atoms with van der Waals surface area (Å²) < 4.78 is 5.16. The molecule has 0 radical (unpaired) electrons. The summed E-state index contributed by atoms with van der Waals surface area (Å²) in [6.07, 6.45) is 2.21. The quantitative estimate of drug-likeness (QED) is 0.530. The fourth-order valence-electron chi connectivity index (χ4n) is 1.50. The Balaban J connectivity index is 2.23. The molecule has 18 heavy (non-hydrogen) atoms. The van der Waals surface area contributed by atoms with Gasteiger partial charge in [0.1, 0.15) is 0 Å². The van der Waals surface area contributed by atoms with E-state index >= 15 is 0 Å². The highest BCUT2D eigenvalue weighted by atomic mass is 16.5. The number of amides is 1. The van der Waals surface area contributed by atoms with Crippen molar-refractivity contribution in [2.75, 3.05) is 19.8 Å². The average Bonchev–Trinajstić information content (AvgIpc) is 2.39. The maximum Gasteiger partial charge on any atom is 0.237 e. The number of rotatable bonds is 8. The van der Waals surface area contributed by atoms with Gasteiger partial charge in [0.2, 0.25) is 5.91 Å². The van der Waals surface area contributed by atoms with Crippen molar-refractivity contribution in [2.45, 2.75) is 12.5 Å². The molecule has 1 aromatic carbocycles. The molecule has 0 bridgehead atoms. The van der Waals surface area contributed by atoms with E-state index in [1.165, 1.54) is 0 Å². The molecule has 0 aromatic heterocycles. The Morgan fingerprint density at radius 3 is 2.83 bits per heavy atom. The third-order valence-corrected chi connectivity index (χ3v) is 2.42. The van der Waals surface area contributed by atoms with Gasteiger partial charge in [-0.2, -0.15) is 0 Å². The Morgan fingerprint density at radius 1 is 1.44 bits per heavy atom. The van der Waals surface area contributed by atoms with Crippen LogP contribution in [0.25, 0.3) is 0 Å². The molecule has 0 saturated heterocycles. The van der Waals surface area contributed by atoms with E-state index < -0.39 is 6.04 Å². The maximum atomic E-state index is 11.7. The van der Waals surface area contributed by atoms with Gasteiger partial charge in [-0.1, -0.05) is 36.4 Å². The van der Waals surface area contributed by atoms with E-state index in [1.54, 1.807) is 6.08 Å². The van der Waals surface area contributed by atoms with Gasteiger partial charge in [-0.15, -0.1) is 6.58 Å². The molecule has 0 spiro atoms. The van der Waals surface area contributed by atoms with Crippen LogP contribution >= 0.6 is 0 Å². The van der Waals surface area contributed by atoms with Crippen LogP contribution in [0.3, 0.4) is 0 Å². The third-order valence-electron chi connectivity index (χ3n) is 2.42. The van der Waals surface area contributed by atoms with Gasteiger partial charge in [0.25, 0.3) is 0 Å². The number of nitrogens with one attached hydrogen (secondary N) is 1. The van der Waals surface area contributed by atoms with Crippen molar-refractivity contribution < 1.29 is 9.53 Å². The zero-order chi connectivity index (χ0) is 13.2. The molecule has 4 heteroatoms. The van der Waals surface area contributed by atoms with Crippen molar-refractivity contribution in [2.24, 2.45) is 5.73 Å². The molecular weight excluding hydrogens is 228 g/mol. The highest BCUT2D eigenvalue weighted by Crippen LogP contribution is 2.01. The molecular formula is C14H20N2O2. The second-order valence-corrected chi connectivity index (χ2v) is 3.95. The lowest BCUT2D eigenvalue weighted by Crippen LogP contribution is -2.43. The zero-order valence-electron chi connectivity index (χ0n) is 10.5. The molecule has 1 rings (SSSR count). The van der Waals surface area contributed by atoms with Gasteiger partial charge in [0.15, 0.2) is 0 Å². The first-order valence-corrected chi connectivity index (χ1v) is 6.00. The number of benzene rings is 1. The number of carbonyl (C=O) groups is 1. The Morgan fingerprint density at radius 2 is 2.17 bits per heavy atom. The van der Waals surface area contributed by atoms with E-state index in [-0.39, 0.29) is 5.91 Å². The summed E-state index contributed by atoms with van der Waals surface area (Å²) >= 11 is 0. The van der Waals surface area contributed by atoms with Gasteiger partial charge in [-0.05, 0) is 12.0 Å². The van der Waals surface area contributed by atoms with E-state index in [4.69, 9.17) is 10.5 Å². The molecule has 0 heterocycles. The van der Waals surface area contributed by atoms with Gasteiger partial charge in [0.05, 0.1) is 19.3 Å². The van der Waals surface area contributed by atoms with Crippen LogP contribution in [-0.4, -0.2) is 31.7 Å². The third kappa shape index (κ3) is 5.61. The lowest BCUT2D eigenvalue weighted by Gasteiger charge is -2.12. The van der Waals surface area contributed by atoms with Crippen LogP contribution in [0.15, 0.2) is 43.0 Å². The average molecular weight is 248 g/mol. The smallest absolute Gasteiger partial charge is 0.237 e. The van der Waals surface area contributed by atoms with E-state index in [0.717, 1.165) is 5.56 Å². The molecule has 0 aliphatic rings. The summed E-state index contributed by atoms with van der Waals surface area (Å²) in [5.41, 5.74) is 6.88. The molecule has 0 saturated carbocycles. The molecule has 0 aliphatic carbocycles. The van der Waals surface area contributed by atoms with Gasteiger partial charge in [0, 0.05) is 6.54 Å². The van der Waals surface area contributed by atoms with E-state index in [1.807, 2.05) is 30.3 Å².